The SMILES string of the molecule is CC/C=C\C/C=C\C/C=C\C/C=C\C/C=C\C/C=C\C/C=C\C/C=C\CCCCCCC(=O)OC(COC(=O)CCCCCCCCCCCCCCCCCCCCCC/C=C\C/C=C\C/C=C\C/C=C\CC)COP(=O)([O-])OCC[N+](C)(C)C. The summed E-state index contributed by atoms with van der Waals surface area (Å²) in [6.45, 7) is 3.99. The Labute approximate surface area is 529 Å². The number of carbonyl (C=O) groups excluding carboxylic acids is 2. The number of ether oxygens (including phenoxy) is 2. The van der Waals surface area contributed by atoms with Gasteiger partial charge < -0.3 is 27.9 Å². The smallest absolute Gasteiger partial charge is 0.306 e. The number of allylic oxidation sites excluding steroid dienone is 24. The van der Waals surface area contributed by atoms with Crippen LogP contribution >= 0.6 is 7.82 Å². The van der Waals surface area contributed by atoms with Crippen molar-refractivity contribution < 1.29 is 42.1 Å². The molecule has 0 fully saturated rings. The van der Waals surface area contributed by atoms with Crippen LogP contribution < -0.4 is 4.89 Å². The van der Waals surface area contributed by atoms with E-state index in [1.807, 2.05) is 21.1 Å². The standard InChI is InChI=1S/C76H128NO8P/c1-6-8-10-12-14-16-18-20-22-24-26-28-30-32-34-36-37-38-39-41-42-44-46-48-50-52-54-56-58-60-62-64-66-68-75(78)82-72-74(73-84-86(80,81)83-71-70-77(3,4)5)85-76(79)69-67-65-63-61-59-57-55-53-51-49-47-45-43-40-35-33-31-29-27-25-23-21-19-17-15-13-11-9-7-2/h8-11,14-17,20-23,26-29,33,35,43,45,49,51,55,57,74H,6-7,12-13,18-19,24-25,30-32,34,36-42,44,46-48,50,52-54,56,58-73H2,1-5H3/b10-8-,11-9-,16-14-,17-15-,22-20-,23-21-,28-26-,29-27-,35-33-,45-43-,51-49-,57-55-. The van der Waals surface area contributed by atoms with Gasteiger partial charge >= 0.3 is 11.9 Å². The molecule has 0 aromatic heterocycles. The molecule has 2 atom stereocenters. The number of rotatable bonds is 62. The number of quaternary nitrogens is 1. The third-order valence-electron chi connectivity index (χ3n) is 14.4. The molecule has 0 aliphatic heterocycles. The first-order valence-corrected chi connectivity index (χ1v) is 36.0. The third-order valence-corrected chi connectivity index (χ3v) is 15.3. The van der Waals surface area contributed by atoms with Crippen molar-refractivity contribution in [2.24, 2.45) is 0 Å². The van der Waals surface area contributed by atoms with Gasteiger partial charge in [0.25, 0.3) is 7.82 Å². The molecule has 0 rings (SSSR count). The number of hydrogen-bond acceptors (Lipinski definition) is 8. The van der Waals surface area contributed by atoms with Crippen molar-refractivity contribution >= 4 is 19.8 Å². The van der Waals surface area contributed by atoms with Crippen LogP contribution in [-0.4, -0.2) is 70.0 Å². The highest BCUT2D eigenvalue weighted by Gasteiger charge is 2.22. The maximum Gasteiger partial charge on any atom is 0.306 e. The average molecular weight is 1210 g/mol. The van der Waals surface area contributed by atoms with Crippen molar-refractivity contribution in [2.75, 3.05) is 47.5 Å². The second kappa shape index (κ2) is 65.3. The minimum atomic E-state index is -4.66. The van der Waals surface area contributed by atoms with Gasteiger partial charge in [-0.1, -0.05) is 288 Å². The summed E-state index contributed by atoms with van der Waals surface area (Å²) in [5, 5.41) is 0. The number of nitrogens with zero attached hydrogens (tertiary/aromatic N) is 1. The minimum absolute atomic E-state index is 0.0427. The molecule has 0 amide bonds. The molecule has 0 heterocycles. The van der Waals surface area contributed by atoms with Gasteiger partial charge in [0.15, 0.2) is 6.10 Å². The molecule has 0 bridgehead atoms. The van der Waals surface area contributed by atoms with Crippen LogP contribution in [0.2, 0.25) is 0 Å². The maximum absolute atomic E-state index is 12.8. The summed E-state index contributed by atoms with van der Waals surface area (Å²) in [6.07, 6.45) is 96.4. The molecule has 2 unspecified atom stereocenters. The topological polar surface area (TPSA) is 111 Å². The lowest BCUT2D eigenvalue weighted by atomic mass is 10.0. The van der Waals surface area contributed by atoms with Crippen molar-refractivity contribution in [2.45, 2.75) is 277 Å². The van der Waals surface area contributed by atoms with E-state index >= 15 is 0 Å². The van der Waals surface area contributed by atoms with Crippen LogP contribution in [0.4, 0.5) is 0 Å². The monoisotopic (exact) mass is 1210 g/mol. The van der Waals surface area contributed by atoms with Gasteiger partial charge in [0, 0.05) is 12.8 Å². The summed E-state index contributed by atoms with van der Waals surface area (Å²) in [5.74, 6) is -0.864. The lowest BCUT2D eigenvalue weighted by Crippen LogP contribution is -2.37. The highest BCUT2D eigenvalue weighted by molar-refractivity contribution is 7.45. The molecule has 490 valence electrons. The number of phosphoric ester groups is 1. The predicted molar refractivity (Wildman–Crippen MR) is 369 cm³/mol. The van der Waals surface area contributed by atoms with Crippen LogP contribution in [0.3, 0.4) is 0 Å². The number of hydrogen-bond donors (Lipinski definition) is 0. The number of likely N-dealkylation sites (N-methyl/N-ethyl adjacent to an activating group) is 1. The van der Waals surface area contributed by atoms with Crippen LogP contribution in [0.1, 0.15) is 271 Å². The van der Waals surface area contributed by atoms with Crippen molar-refractivity contribution in [1.82, 2.24) is 0 Å². The van der Waals surface area contributed by atoms with Crippen LogP contribution in [0, 0.1) is 0 Å². The van der Waals surface area contributed by atoms with Gasteiger partial charge in [-0.3, -0.25) is 14.2 Å². The largest absolute Gasteiger partial charge is 0.756 e. The fraction of sp³-hybridized carbons (Fsp3) is 0.658. The molecule has 0 aromatic carbocycles. The first kappa shape index (κ1) is 81.9. The van der Waals surface area contributed by atoms with Gasteiger partial charge in [-0.15, -0.1) is 0 Å². The Morgan fingerprint density at radius 3 is 0.930 bits per heavy atom. The normalized spacial score (nSPS) is 14.1. The van der Waals surface area contributed by atoms with E-state index < -0.39 is 32.5 Å². The Morgan fingerprint density at radius 1 is 0.360 bits per heavy atom. The zero-order chi connectivity index (χ0) is 62.6. The zero-order valence-corrected chi connectivity index (χ0v) is 56.6. The molecular formula is C76H128NO8P. The molecule has 0 radical (unpaired) electrons. The Balaban J connectivity index is 4.12. The van der Waals surface area contributed by atoms with E-state index in [9.17, 15) is 19.0 Å². The molecule has 9 nitrogen and oxygen atoms in total. The molecule has 0 aromatic rings. The number of esters is 2. The highest BCUT2D eigenvalue weighted by Crippen LogP contribution is 2.38. The predicted octanol–water partition coefficient (Wildman–Crippen LogP) is 22.0. The van der Waals surface area contributed by atoms with E-state index in [-0.39, 0.29) is 26.1 Å². The summed E-state index contributed by atoms with van der Waals surface area (Å²) >= 11 is 0. The zero-order valence-electron chi connectivity index (χ0n) is 55.7. The Kier molecular flexibility index (Phi) is 62.2. The Bertz CT molecular complexity index is 1960. The summed E-state index contributed by atoms with van der Waals surface area (Å²) in [6, 6.07) is 0. The molecule has 0 aliphatic rings. The van der Waals surface area contributed by atoms with E-state index in [1.165, 1.54) is 116 Å². The van der Waals surface area contributed by atoms with Gasteiger partial charge in [0.2, 0.25) is 0 Å². The fourth-order valence-corrected chi connectivity index (χ4v) is 9.86. The van der Waals surface area contributed by atoms with Gasteiger partial charge in [-0.2, -0.15) is 0 Å². The van der Waals surface area contributed by atoms with Crippen molar-refractivity contribution in [3.63, 3.8) is 0 Å². The Morgan fingerprint density at radius 2 is 0.628 bits per heavy atom. The van der Waals surface area contributed by atoms with Crippen molar-refractivity contribution in [1.29, 1.82) is 0 Å². The van der Waals surface area contributed by atoms with E-state index in [0.717, 1.165) is 122 Å². The van der Waals surface area contributed by atoms with Crippen LogP contribution in [0.5, 0.6) is 0 Å². The van der Waals surface area contributed by atoms with Gasteiger partial charge in [0.05, 0.1) is 27.7 Å². The summed E-state index contributed by atoms with van der Waals surface area (Å²) in [4.78, 5) is 38.1. The molecule has 0 spiro atoms. The fourth-order valence-electron chi connectivity index (χ4n) is 9.14. The number of carbonyl (C=O) groups is 2. The highest BCUT2D eigenvalue weighted by atomic mass is 31.2. The van der Waals surface area contributed by atoms with Crippen LogP contribution in [-0.2, 0) is 32.7 Å². The lowest BCUT2D eigenvalue weighted by molar-refractivity contribution is -0.870. The second-order valence-electron chi connectivity index (χ2n) is 23.8. The average Bonchev–Trinajstić information content (AvgIpc) is 3.67. The summed E-state index contributed by atoms with van der Waals surface area (Å²) in [7, 11) is 1.14. The van der Waals surface area contributed by atoms with Gasteiger partial charge in [-0.25, -0.2) is 0 Å². The first-order chi connectivity index (χ1) is 42.0. The van der Waals surface area contributed by atoms with E-state index in [0.29, 0.717) is 17.4 Å². The molecule has 0 N–H and O–H groups in total. The van der Waals surface area contributed by atoms with Gasteiger partial charge in [-0.05, 0) is 116 Å². The lowest BCUT2D eigenvalue weighted by Gasteiger charge is -2.28. The van der Waals surface area contributed by atoms with Crippen LogP contribution in [0.15, 0.2) is 146 Å². The molecule has 0 aliphatic carbocycles. The Hall–Kier alpha value is -4.11. The molecule has 86 heavy (non-hydrogen) atoms. The van der Waals surface area contributed by atoms with Crippen molar-refractivity contribution in [3.05, 3.63) is 146 Å². The number of phosphoric acid groups is 1. The van der Waals surface area contributed by atoms with Crippen LogP contribution in [0.25, 0.3) is 0 Å². The van der Waals surface area contributed by atoms with E-state index in [4.69, 9.17) is 18.5 Å². The maximum atomic E-state index is 12.8. The molecule has 10 heteroatoms. The third kappa shape index (κ3) is 69.0. The molecular weight excluding hydrogens is 1090 g/mol. The molecule has 0 saturated heterocycles. The van der Waals surface area contributed by atoms with Gasteiger partial charge in [0.1, 0.15) is 19.8 Å². The second-order valence-corrected chi connectivity index (χ2v) is 25.2. The summed E-state index contributed by atoms with van der Waals surface area (Å²) in [5.41, 5.74) is 0. The van der Waals surface area contributed by atoms with E-state index in [1.54, 1.807) is 0 Å². The molecule has 0 saturated carbocycles. The minimum Gasteiger partial charge on any atom is -0.756 e. The number of unbranched alkanes of at least 4 members (excludes halogenated alkanes) is 24. The van der Waals surface area contributed by atoms with Crippen molar-refractivity contribution in [3.8, 4) is 0 Å². The first-order valence-electron chi connectivity index (χ1n) is 34.5. The van der Waals surface area contributed by atoms with E-state index in [2.05, 4.69) is 160 Å². The summed E-state index contributed by atoms with van der Waals surface area (Å²) < 4.78 is 34.3. The quantitative estimate of drug-likeness (QED) is 0.0195.